The summed E-state index contributed by atoms with van der Waals surface area (Å²) in [5, 5.41) is 17.5. The van der Waals surface area contributed by atoms with Crippen LogP contribution in [0.1, 0.15) is 54.4 Å². The first-order valence-electron chi connectivity index (χ1n) is 11.5. The van der Waals surface area contributed by atoms with Crippen molar-refractivity contribution in [3.8, 4) is 0 Å². The van der Waals surface area contributed by atoms with E-state index < -0.39 is 17.6 Å². The summed E-state index contributed by atoms with van der Waals surface area (Å²) >= 11 is 0. The Hall–Kier alpha value is -3.61. The first-order valence-corrected chi connectivity index (χ1v) is 11.5. The number of hydrogen-bond donors (Lipinski definition) is 1. The van der Waals surface area contributed by atoms with Crippen LogP contribution in [0.5, 0.6) is 0 Å². The number of pyridine rings is 1. The van der Waals surface area contributed by atoms with Gasteiger partial charge < -0.3 is 10.6 Å². The molecule has 0 amide bonds. The lowest BCUT2D eigenvalue weighted by Gasteiger charge is -2.24. The molecule has 3 aromatic heterocycles. The van der Waals surface area contributed by atoms with Crippen molar-refractivity contribution in [1.82, 2.24) is 35.0 Å². The van der Waals surface area contributed by atoms with E-state index in [4.69, 9.17) is 10.7 Å². The van der Waals surface area contributed by atoms with E-state index in [1.54, 1.807) is 16.6 Å². The quantitative estimate of drug-likeness (QED) is 0.360. The second-order valence-corrected chi connectivity index (χ2v) is 8.60. The van der Waals surface area contributed by atoms with Crippen molar-refractivity contribution < 1.29 is 17.6 Å². The summed E-state index contributed by atoms with van der Waals surface area (Å²) in [4.78, 5) is 7.70. The van der Waals surface area contributed by atoms with E-state index in [2.05, 4.69) is 20.5 Å². The predicted molar refractivity (Wildman–Crippen MR) is 125 cm³/mol. The van der Waals surface area contributed by atoms with Crippen LogP contribution < -0.4 is 10.6 Å². The number of benzene rings is 1. The molecule has 0 radical (unpaired) electrons. The molecule has 0 spiro atoms. The zero-order valence-electron chi connectivity index (χ0n) is 20.4. The van der Waals surface area contributed by atoms with Gasteiger partial charge in [0.1, 0.15) is 5.82 Å². The SMILES string of the molecule is CCC(N)c1nc2c(cc1CN(Cc1cc(F)cc(C(F)(F)F)c1)c1nnn(C)n1)c(C)nn2CC. The molecule has 0 aliphatic rings. The first kappa shape index (κ1) is 25.5. The Morgan fingerprint density at radius 3 is 2.44 bits per heavy atom. The van der Waals surface area contributed by atoms with Gasteiger partial charge in [-0.15, -0.1) is 5.10 Å². The van der Waals surface area contributed by atoms with Crippen LogP contribution in [0.4, 0.5) is 23.5 Å². The molecule has 0 bridgehead atoms. The van der Waals surface area contributed by atoms with E-state index in [9.17, 15) is 17.6 Å². The molecule has 1 aromatic carbocycles. The van der Waals surface area contributed by atoms with Gasteiger partial charge in [-0.3, -0.25) is 0 Å². The second-order valence-electron chi connectivity index (χ2n) is 8.60. The number of anilines is 1. The summed E-state index contributed by atoms with van der Waals surface area (Å²) in [6.45, 7) is 6.48. The maximum Gasteiger partial charge on any atom is 0.416 e. The molecule has 3 heterocycles. The molecule has 4 rings (SSSR count). The van der Waals surface area contributed by atoms with Gasteiger partial charge in [0.05, 0.1) is 24.0 Å². The third-order valence-corrected chi connectivity index (χ3v) is 5.91. The van der Waals surface area contributed by atoms with Gasteiger partial charge in [-0.2, -0.15) is 23.1 Å². The molecule has 2 N–H and O–H groups in total. The van der Waals surface area contributed by atoms with Crippen LogP contribution in [-0.4, -0.2) is 35.0 Å². The van der Waals surface area contributed by atoms with Crippen molar-refractivity contribution >= 4 is 17.0 Å². The number of alkyl halides is 3. The van der Waals surface area contributed by atoms with Gasteiger partial charge in [0.2, 0.25) is 0 Å². The molecule has 0 fully saturated rings. The summed E-state index contributed by atoms with van der Waals surface area (Å²) in [5.41, 5.74) is 8.35. The van der Waals surface area contributed by atoms with Gasteiger partial charge in [0, 0.05) is 31.1 Å². The summed E-state index contributed by atoms with van der Waals surface area (Å²) in [7, 11) is 1.58. The van der Waals surface area contributed by atoms with Crippen LogP contribution >= 0.6 is 0 Å². The maximum atomic E-state index is 14.1. The van der Waals surface area contributed by atoms with Crippen molar-refractivity contribution in [2.45, 2.75) is 59.0 Å². The molecule has 0 aliphatic carbocycles. The average molecular weight is 506 g/mol. The van der Waals surface area contributed by atoms with Gasteiger partial charge in [-0.05, 0) is 60.9 Å². The third kappa shape index (κ3) is 5.15. The molecule has 0 aliphatic heterocycles. The van der Waals surface area contributed by atoms with Gasteiger partial charge in [0.15, 0.2) is 5.65 Å². The Kier molecular flexibility index (Phi) is 6.94. The highest BCUT2D eigenvalue weighted by Gasteiger charge is 2.31. The predicted octanol–water partition coefficient (Wildman–Crippen LogP) is 4.06. The van der Waals surface area contributed by atoms with Crippen molar-refractivity contribution in [3.05, 3.63) is 58.2 Å². The largest absolute Gasteiger partial charge is 0.416 e. The van der Waals surface area contributed by atoms with Crippen molar-refractivity contribution in [2.24, 2.45) is 12.8 Å². The van der Waals surface area contributed by atoms with E-state index in [0.717, 1.165) is 28.8 Å². The molecule has 13 heteroatoms. The Morgan fingerprint density at radius 1 is 1.08 bits per heavy atom. The molecule has 1 unspecified atom stereocenters. The van der Waals surface area contributed by atoms with E-state index in [-0.39, 0.29) is 30.6 Å². The molecule has 192 valence electrons. The normalized spacial score (nSPS) is 12.9. The number of nitrogens with two attached hydrogens (primary N) is 1. The number of halogens is 4. The van der Waals surface area contributed by atoms with Crippen molar-refractivity contribution in [3.63, 3.8) is 0 Å². The molecule has 4 aromatic rings. The minimum Gasteiger partial charge on any atom is -0.329 e. The average Bonchev–Trinajstić information content (AvgIpc) is 3.39. The van der Waals surface area contributed by atoms with Crippen LogP contribution in [-0.2, 0) is 32.9 Å². The summed E-state index contributed by atoms with van der Waals surface area (Å²) < 4.78 is 55.8. The van der Waals surface area contributed by atoms with E-state index in [0.29, 0.717) is 30.4 Å². The number of aryl methyl sites for hydroxylation is 3. The van der Waals surface area contributed by atoms with E-state index in [1.165, 1.54) is 4.80 Å². The Morgan fingerprint density at radius 2 is 1.83 bits per heavy atom. The highest BCUT2D eigenvalue weighted by Crippen LogP contribution is 2.32. The topological polar surface area (TPSA) is 104 Å². The zero-order valence-corrected chi connectivity index (χ0v) is 20.4. The highest BCUT2D eigenvalue weighted by atomic mass is 19.4. The molecule has 0 saturated carbocycles. The van der Waals surface area contributed by atoms with Gasteiger partial charge in [-0.1, -0.05) is 12.0 Å². The van der Waals surface area contributed by atoms with Crippen LogP contribution in [0.25, 0.3) is 11.0 Å². The van der Waals surface area contributed by atoms with Gasteiger partial charge in [0.25, 0.3) is 5.95 Å². The number of aromatic nitrogens is 7. The highest BCUT2D eigenvalue weighted by molar-refractivity contribution is 5.79. The summed E-state index contributed by atoms with van der Waals surface area (Å²) in [6.07, 6.45) is -4.06. The summed E-state index contributed by atoms with van der Waals surface area (Å²) in [6, 6.07) is 4.01. The molecular weight excluding hydrogens is 478 g/mol. The maximum absolute atomic E-state index is 14.1. The Balaban J connectivity index is 1.80. The first-order chi connectivity index (χ1) is 17.0. The lowest BCUT2D eigenvalue weighted by molar-refractivity contribution is -0.137. The zero-order chi connectivity index (χ0) is 26.2. The molecule has 9 nitrogen and oxygen atoms in total. The number of nitrogens with zero attached hydrogens (tertiary/aromatic N) is 8. The van der Waals surface area contributed by atoms with Crippen LogP contribution in [0.15, 0.2) is 24.3 Å². The van der Waals surface area contributed by atoms with E-state index >= 15 is 0 Å². The lowest BCUT2D eigenvalue weighted by Crippen LogP contribution is -2.26. The standard InChI is InChI=1S/C23H27F4N9/c1-5-19(28)20-15(9-18-13(3)31-36(6-2)21(18)29-20)12-35(22-30-33-34(4)32-22)11-14-7-16(23(25,26)27)10-17(24)8-14/h7-10,19H,5-6,11-12,28H2,1-4H3. The second kappa shape index (κ2) is 9.80. The fraction of sp³-hybridized carbons (Fsp3) is 0.435. The molecule has 0 saturated heterocycles. The fourth-order valence-electron chi connectivity index (χ4n) is 4.09. The van der Waals surface area contributed by atoms with Crippen molar-refractivity contribution in [1.29, 1.82) is 0 Å². The number of tetrazole rings is 1. The number of fused-ring (bicyclic) bond motifs is 1. The van der Waals surface area contributed by atoms with Gasteiger partial charge >= 0.3 is 6.18 Å². The van der Waals surface area contributed by atoms with Crippen molar-refractivity contribution in [2.75, 3.05) is 4.90 Å². The van der Waals surface area contributed by atoms with Gasteiger partial charge in [-0.25, -0.2) is 14.1 Å². The molecule has 1 atom stereocenters. The fourth-order valence-corrected chi connectivity index (χ4v) is 4.09. The van der Waals surface area contributed by atoms with Crippen LogP contribution in [0.2, 0.25) is 0 Å². The number of hydrogen-bond acceptors (Lipinski definition) is 7. The van der Waals surface area contributed by atoms with E-state index in [1.807, 2.05) is 26.8 Å². The molecular formula is C23H27F4N9. The third-order valence-electron chi connectivity index (χ3n) is 5.91. The lowest BCUT2D eigenvalue weighted by atomic mass is 10.0. The smallest absolute Gasteiger partial charge is 0.329 e. The molecule has 36 heavy (non-hydrogen) atoms. The monoisotopic (exact) mass is 505 g/mol. The van der Waals surface area contributed by atoms with Crippen LogP contribution in [0, 0.1) is 12.7 Å². The minimum absolute atomic E-state index is 0.0986. The minimum atomic E-state index is -4.68. The summed E-state index contributed by atoms with van der Waals surface area (Å²) in [5.74, 6) is -0.807. The Bertz CT molecular complexity index is 1380. The number of rotatable bonds is 8. The van der Waals surface area contributed by atoms with Crippen LogP contribution in [0.3, 0.4) is 0 Å². The Labute approximate surface area is 204 Å².